The summed E-state index contributed by atoms with van der Waals surface area (Å²) in [6.45, 7) is 0.335. The van der Waals surface area contributed by atoms with Crippen molar-refractivity contribution in [2.75, 3.05) is 0 Å². The lowest BCUT2D eigenvalue weighted by molar-refractivity contribution is -0.124. The first kappa shape index (κ1) is 24.9. The van der Waals surface area contributed by atoms with E-state index in [4.69, 9.17) is 32.9 Å². The molecule has 5 nitrogen and oxygen atoms in total. The molecule has 2 heterocycles. The van der Waals surface area contributed by atoms with Crippen LogP contribution in [-0.2, 0) is 11.4 Å². The molecule has 0 unspecified atom stereocenters. The number of aromatic nitrogens is 1. The standard InChI is InChI=1S/C28H25Cl2N3O2S/c29-22-13-6-4-10-20(22)18-35-24-15-7-5-9-19(24)17-25-27(34)33(21-11-2-1-3-12-21)28(36-25)32-23-14-8-16-31-26(23)30/h4-10,13-17,21H,1-3,11-12,18H2/b25-17-,32-28?. The Balaban J connectivity index is 1.45. The summed E-state index contributed by atoms with van der Waals surface area (Å²) in [5.41, 5.74) is 2.28. The first-order valence-electron chi connectivity index (χ1n) is 12.0. The number of ether oxygens (including phenoxy) is 1. The van der Waals surface area contributed by atoms with Gasteiger partial charge in [0, 0.05) is 28.4 Å². The maximum atomic E-state index is 13.7. The van der Waals surface area contributed by atoms with E-state index in [-0.39, 0.29) is 11.9 Å². The first-order chi connectivity index (χ1) is 17.6. The Morgan fingerprint density at radius 3 is 2.61 bits per heavy atom. The third kappa shape index (κ3) is 5.61. The van der Waals surface area contributed by atoms with E-state index in [9.17, 15) is 4.79 Å². The molecule has 2 fully saturated rings. The Bertz CT molecular complexity index is 1320. The predicted molar refractivity (Wildman–Crippen MR) is 148 cm³/mol. The molecule has 5 rings (SSSR count). The van der Waals surface area contributed by atoms with Crippen molar-refractivity contribution in [3.63, 3.8) is 0 Å². The minimum Gasteiger partial charge on any atom is -0.488 e. The topological polar surface area (TPSA) is 54.8 Å². The molecule has 0 spiro atoms. The number of hydrogen-bond acceptors (Lipinski definition) is 5. The van der Waals surface area contributed by atoms with Crippen LogP contribution in [-0.4, -0.2) is 27.0 Å². The summed E-state index contributed by atoms with van der Waals surface area (Å²) < 4.78 is 6.11. The van der Waals surface area contributed by atoms with Gasteiger partial charge in [0.1, 0.15) is 18.0 Å². The van der Waals surface area contributed by atoms with Crippen LogP contribution in [0.3, 0.4) is 0 Å². The van der Waals surface area contributed by atoms with Gasteiger partial charge in [0.05, 0.1) is 4.91 Å². The van der Waals surface area contributed by atoms with Gasteiger partial charge in [-0.3, -0.25) is 9.69 Å². The average molecular weight is 539 g/mol. The molecule has 2 aliphatic rings. The van der Waals surface area contributed by atoms with E-state index in [0.717, 1.165) is 36.8 Å². The van der Waals surface area contributed by atoms with Gasteiger partial charge in [0.25, 0.3) is 5.91 Å². The smallest absolute Gasteiger partial charge is 0.267 e. The molecule has 3 aromatic rings. The first-order valence-corrected chi connectivity index (χ1v) is 13.5. The van der Waals surface area contributed by atoms with E-state index in [1.807, 2.05) is 65.6 Å². The molecule has 1 aromatic heterocycles. The highest BCUT2D eigenvalue weighted by Gasteiger charge is 2.39. The largest absolute Gasteiger partial charge is 0.488 e. The molecule has 36 heavy (non-hydrogen) atoms. The van der Waals surface area contributed by atoms with Crippen molar-refractivity contribution in [3.8, 4) is 5.75 Å². The normalized spacial score (nSPS) is 18.8. The van der Waals surface area contributed by atoms with Crippen LogP contribution >= 0.6 is 35.0 Å². The zero-order valence-electron chi connectivity index (χ0n) is 19.6. The van der Waals surface area contributed by atoms with Crippen LogP contribution in [0.1, 0.15) is 43.2 Å². The Morgan fingerprint density at radius 1 is 1.03 bits per heavy atom. The fourth-order valence-corrected chi connectivity index (χ4v) is 5.83. The van der Waals surface area contributed by atoms with E-state index in [0.29, 0.717) is 38.3 Å². The minimum absolute atomic E-state index is 0.0356. The molecule has 1 aliphatic heterocycles. The van der Waals surface area contributed by atoms with Gasteiger partial charge in [0.15, 0.2) is 10.3 Å². The second kappa shape index (κ2) is 11.5. The van der Waals surface area contributed by atoms with Gasteiger partial charge < -0.3 is 4.74 Å². The third-order valence-electron chi connectivity index (χ3n) is 6.28. The van der Waals surface area contributed by atoms with Crippen molar-refractivity contribution in [1.29, 1.82) is 0 Å². The molecule has 1 saturated carbocycles. The number of hydrogen-bond donors (Lipinski definition) is 0. The SMILES string of the molecule is O=C1/C(=C/c2ccccc2OCc2ccccc2Cl)SC(=Nc2cccnc2Cl)N1C1CCCCC1. The van der Waals surface area contributed by atoms with Gasteiger partial charge in [-0.2, -0.15) is 0 Å². The average Bonchev–Trinajstić information content (AvgIpc) is 3.20. The fourth-order valence-electron chi connectivity index (χ4n) is 4.43. The number of aliphatic imine (C=N–C) groups is 1. The lowest BCUT2D eigenvalue weighted by atomic mass is 9.94. The maximum Gasteiger partial charge on any atom is 0.267 e. The molecule has 0 atom stereocenters. The highest BCUT2D eigenvalue weighted by molar-refractivity contribution is 8.18. The predicted octanol–water partition coefficient (Wildman–Crippen LogP) is 7.90. The number of carbonyl (C=O) groups excluding carboxylic acids is 1. The van der Waals surface area contributed by atoms with Crippen LogP contribution in [0.5, 0.6) is 5.75 Å². The molecule has 0 radical (unpaired) electrons. The monoisotopic (exact) mass is 537 g/mol. The van der Waals surface area contributed by atoms with Crippen LogP contribution in [0.15, 0.2) is 76.8 Å². The van der Waals surface area contributed by atoms with Crippen LogP contribution in [0.25, 0.3) is 6.08 Å². The zero-order chi connectivity index (χ0) is 24.9. The van der Waals surface area contributed by atoms with E-state index >= 15 is 0 Å². The number of nitrogens with zero attached hydrogens (tertiary/aromatic N) is 3. The molecule has 0 bridgehead atoms. The van der Waals surface area contributed by atoms with Crippen molar-refractivity contribution in [2.45, 2.75) is 44.8 Å². The maximum absolute atomic E-state index is 13.7. The Morgan fingerprint density at radius 2 is 1.81 bits per heavy atom. The summed E-state index contributed by atoms with van der Waals surface area (Å²) in [7, 11) is 0. The number of pyridine rings is 1. The number of amides is 1. The molecule has 184 valence electrons. The Kier molecular flexibility index (Phi) is 7.95. The number of carbonyl (C=O) groups is 1. The lowest BCUT2D eigenvalue weighted by Gasteiger charge is -2.30. The van der Waals surface area contributed by atoms with Crippen LogP contribution in [0.4, 0.5) is 5.69 Å². The van der Waals surface area contributed by atoms with Crippen LogP contribution in [0.2, 0.25) is 10.2 Å². The van der Waals surface area contributed by atoms with Gasteiger partial charge in [-0.05, 0) is 54.9 Å². The summed E-state index contributed by atoms with van der Waals surface area (Å²) in [6, 6.07) is 19.0. The van der Waals surface area contributed by atoms with Gasteiger partial charge in [-0.25, -0.2) is 9.98 Å². The van der Waals surface area contributed by atoms with Crippen molar-refractivity contribution in [2.24, 2.45) is 4.99 Å². The Labute approximate surface area is 225 Å². The second-order valence-electron chi connectivity index (χ2n) is 8.70. The van der Waals surface area contributed by atoms with Crippen molar-refractivity contribution in [1.82, 2.24) is 9.88 Å². The van der Waals surface area contributed by atoms with Gasteiger partial charge >= 0.3 is 0 Å². The summed E-state index contributed by atoms with van der Waals surface area (Å²) in [6.07, 6.45) is 8.87. The summed E-state index contributed by atoms with van der Waals surface area (Å²) in [5, 5.41) is 1.62. The fraction of sp³-hybridized carbons (Fsp3) is 0.250. The highest BCUT2D eigenvalue weighted by atomic mass is 35.5. The van der Waals surface area contributed by atoms with E-state index in [1.54, 1.807) is 12.3 Å². The van der Waals surface area contributed by atoms with Gasteiger partial charge in [0.2, 0.25) is 0 Å². The second-order valence-corrected chi connectivity index (χ2v) is 10.5. The van der Waals surface area contributed by atoms with E-state index in [2.05, 4.69) is 4.98 Å². The minimum atomic E-state index is -0.0356. The number of para-hydroxylation sites is 1. The molecule has 2 aromatic carbocycles. The quantitative estimate of drug-likeness (QED) is 0.237. The molecular weight excluding hydrogens is 513 g/mol. The van der Waals surface area contributed by atoms with Crippen LogP contribution < -0.4 is 4.74 Å². The van der Waals surface area contributed by atoms with Crippen molar-refractivity contribution in [3.05, 3.63) is 93.1 Å². The highest BCUT2D eigenvalue weighted by Crippen LogP contribution is 2.40. The van der Waals surface area contributed by atoms with E-state index in [1.165, 1.54) is 18.2 Å². The molecule has 8 heteroatoms. The van der Waals surface area contributed by atoms with E-state index < -0.39 is 0 Å². The number of rotatable bonds is 6. The van der Waals surface area contributed by atoms with Crippen LogP contribution in [0, 0.1) is 0 Å². The van der Waals surface area contributed by atoms with Crippen molar-refractivity contribution < 1.29 is 9.53 Å². The summed E-state index contributed by atoms with van der Waals surface area (Å²) in [5.74, 6) is 0.648. The number of halogens is 2. The number of benzene rings is 2. The zero-order valence-corrected chi connectivity index (χ0v) is 21.9. The Hall–Kier alpha value is -2.80. The molecule has 1 amide bonds. The summed E-state index contributed by atoms with van der Waals surface area (Å²) >= 11 is 14.0. The van der Waals surface area contributed by atoms with Gasteiger partial charge in [-0.1, -0.05) is 78.9 Å². The number of thioether (sulfide) groups is 1. The lowest BCUT2D eigenvalue weighted by Crippen LogP contribution is -2.40. The molecule has 1 aliphatic carbocycles. The molecular formula is C28H25Cl2N3O2S. The molecule has 0 N–H and O–H groups in total. The van der Waals surface area contributed by atoms with Crippen molar-refractivity contribution >= 4 is 57.8 Å². The van der Waals surface area contributed by atoms with Gasteiger partial charge in [-0.15, -0.1) is 0 Å². The molecule has 1 saturated heterocycles. The third-order valence-corrected chi connectivity index (χ3v) is 7.92. The number of amidine groups is 1. The summed E-state index contributed by atoms with van der Waals surface area (Å²) in [4.78, 5) is 25.0.